The van der Waals surface area contributed by atoms with Gasteiger partial charge < -0.3 is 10.5 Å². The minimum absolute atomic E-state index is 0.191. The van der Waals surface area contributed by atoms with Crippen LogP contribution in [-0.4, -0.2) is 6.04 Å². The Kier molecular flexibility index (Phi) is 5.19. The molecule has 0 amide bonds. The zero-order chi connectivity index (χ0) is 14.4. The Hall–Kier alpha value is -1.80. The van der Waals surface area contributed by atoms with Gasteiger partial charge in [-0.2, -0.15) is 0 Å². The second kappa shape index (κ2) is 7.11. The van der Waals surface area contributed by atoms with E-state index in [1.165, 1.54) is 16.7 Å². The van der Waals surface area contributed by atoms with Crippen molar-refractivity contribution in [3.63, 3.8) is 0 Å². The first-order valence-corrected chi connectivity index (χ1v) is 7.21. The number of hydrogen-bond donors (Lipinski definition) is 1. The Morgan fingerprint density at radius 3 is 2.55 bits per heavy atom. The fraction of sp³-hybridized carbons (Fsp3) is 0.333. The highest BCUT2D eigenvalue weighted by Crippen LogP contribution is 2.23. The van der Waals surface area contributed by atoms with Gasteiger partial charge in [0.25, 0.3) is 0 Å². The van der Waals surface area contributed by atoms with Gasteiger partial charge in [0.15, 0.2) is 0 Å². The summed E-state index contributed by atoms with van der Waals surface area (Å²) in [7, 11) is 0. The average Bonchev–Trinajstić information content (AvgIpc) is 2.47. The van der Waals surface area contributed by atoms with Crippen LogP contribution >= 0.6 is 0 Å². The molecule has 2 aromatic carbocycles. The Labute approximate surface area is 121 Å². The summed E-state index contributed by atoms with van der Waals surface area (Å²) >= 11 is 0. The number of benzene rings is 2. The van der Waals surface area contributed by atoms with Crippen molar-refractivity contribution in [3.05, 3.63) is 65.2 Å². The van der Waals surface area contributed by atoms with E-state index in [0.29, 0.717) is 6.61 Å². The molecule has 2 N–H and O–H groups in total. The summed E-state index contributed by atoms with van der Waals surface area (Å²) in [5.74, 6) is 0.948. The number of rotatable bonds is 6. The van der Waals surface area contributed by atoms with Crippen LogP contribution in [0.3, 0.4) is 0 Å². The normalized spacial score (nSPS) is 12.2. The second-order valence-corrected chi connectivity index (χ2v) is 5.26. The third-order valence-corrected chi connectivity index (χ3v) is 3.46. The number of nitrogens with two attached hydrogens (primary N) is 1. The maximum absolute atomic E-state index is 6.08. The largest absolute Gasteiger partial charge is 0.489 e. The highest BCUT2D eigenvalue weighted by atomic mass is 16.5. The third-order valence-electron chi connectivity index (χ3n) is 3.46. The molecular formula is C18H23NO. The van der Waals surface area contributed by atoms with Gasteiger partial charge in [-0.1, -0.05) is 55.0 Å². The van der Waals surface area contributed by atoms with Crippen molar-refractivity contribution in [2.75, 3.05) is 0 Å². The van der Waals surface area contributed by atoms with Crippen molar-refractivity contribution in [3.8, 4) is 5.75 Å². The lowest BCUT2D eigenvalue weighted by Crippen LogP contribution is -2.21. The maximum atomic E-state index is 6.08. The van der Waals surface area contributed by atoms with Gasteiger partial charge in [-0.05, 0) is 37.0 Å². The van der Waals surface area contributed by atoms with Crippen LogP contribution in [0.15, 0.2) is 48.5 Å². The zero-order valence-corrected chi connectivity index (χ0v) is 12.3. The van der Waals surface area contributed by atoms with Gasteiger partial charge in [0.05, 0.1) is 0 Å². The van der Waals surface area contributed by atoms with E-state index in [4.69, 9.17) is 10.5 Å². The van der Waals surface area contributed by atoms with Crippen LogP contribution in [-0.2, 0) is 13.0 Å². The zero-order valence-electron chi connectivity index (χ0n) is 12.3. The molecule has 106 valence electrons. The molecule has 1 atom stereocenters. The summed E-state index contributed by atoms with van der Waals surface area (Å²) in [6.45, 7) is 4.81. The van der Waals surface area contributed by atoms with Crippen molar-refractivity contribution in [2.45, 2.75) is 39.3 Å². The summed E-state index contributed by atoms with van der Waals surface area (Å²) in [6, 6.07) is 16.7. The van der Waals surface area contributed by atoms with Gasteiger partial charge in [-0.15, -0.1) is 0 Å². The van der Waals surface area contributed by atoms with Crippen molar-refractivity contribution < 1.29 is 4.74 Å². The summed E-state index contributed by atoms with van der Waals surface area (Å²) < 4.78 is 5.97. The molecule has 2 nitrogen and oxygen atoms in total. The molecule has 1 unspecified atom stereocenters. The average molecular weight is 269 g/mol. The minimum atomic E-state index is 0.191. The maximum Gasteiger partial charge on any atom is 0.123 e. The monoisotopic (exact) mass is 269 g/mol. The van der Waals surface area contributed by atoms with Gasteiger partial charge >= 0.3 is 0 Å². The van der Waals surface area contributed by atoms with E-state index < -0.39 is 0 Å². The molecule has 0 saturated heterocycles. The highest BCUT2D eigenvalue weighted by Gasteiger charge is 2.08. The fourth-order valence-corrected chi connectivity index (χ4v) is 2.17. The lowest BCUT2D eigenvalue weighted by atomic mass is 10.0. The van der Waals surface area contributed by atoms with E-state index in [1.54, 1.807) is 0 Å². The van der Waals surface area contributed by atoms with E-state index in [-0.39, 0.29) is 6.04 Å². The van der Waals surface area contributed by atoms with Gasteiger partial charge in [0, 0.05) is 6.04 Å². The molecule has 0 aliphatic heterocycles. The van der Waals surface area contributed by atoms with Crippen molar-refractivity contribution >= 4 is 0 Å². The predicted molar refractivity (Wildman–Crippen MR) is 83.9 cm³/mol. The van der Waals surface area contributed by atoms with Crippen LogP contribution in [0, 0.1) is 6.92 Å². The summed E-state index contributed by atoms with van der Waals surface area (Å²) in [5.41, 5.74) is 9.70. The Balaban J connectivity index is 2.10. The quantitative estimate of drug-likeness (QED) is 0.864. The molecule has 0 fully saturated rings. The molecule has 2 heteroatoms. The number of aryl methyl sites for hydroxylation is 1. The third kappa shape index (κ3) is 4.10. The first kappa shape index (κ1) is 14.6. The number of hydrogen-bond acceptors (Lipinski definition) is 2. The van der Waals surface area contributed by atoms with Crippen LogP contribution in [0.1, 0.15) is 30.0 Å². The summed E-state index contributed by atoms with van der Waals surface area (Å²) in [4.78, 5) is 0. The van der Waals surface area contributed by atoms with Crippen LogP contribution in [0.25, 0.3) is 0 Å². The van der Waals surface area contributed by atoms with E-state index >= 15 is 0 Å². The standard InChI is InChI=1S/C18H23NO/c1-3-17(19)12-16-11-14(2)9-10-18(16)20-13-15-7-5-4-6-8-15/h4-11,17H,3,12-13,19H2,1-2H3. The lowest BCUT2D eigenvalue weighted by Gasteiger charge is -2.15. The molecule has 0 saturated carbocycles. The van der Waals surface area contributed by atoms with Crippen molar-refractivity contribution in [1.29, 1.82) is 0 Å². The van der Waals surface area contributed by atoms with Crippen LogP contribution in [0.2, 0.25) is 0 Å². The first-order valence-electron chi connectivity index (χ1n) is 7.21. The van der Waals surface area contributed by atoms with E-state index in [0.717, 1.165) is 18.6 Å². The van der Waals surface area contributed by atoms with Gasteiger partial charge in [0.2, 0.25) is 0 Å². The van der Waals surface area contributed by atoms with Gasteiger partial charge in [-0.25, -0.2) is 0 Å². The molecule has 0 aliphatic carbocycles. The molecule has 0 bridgehead atoms. The van der Waals surface area contributed by atoms with E-state index in [1.807, 2.05) is 18.2 Å². The Bertz CT molecular complexity index is 536. The van der Waals surface area contributed by atoms with Gasteiger partial charge in [-0.3, -0.25) is 0 Å². The summed E-state index contributed by atoms with van der Waals surface area (Å²) in [6.07, 6.45) is 1.84. The molecular weight excluding hydrogens is 246 g/mol. The molecule has 0 spiro atoms. The molecule has 0 radical (unpaired) electrons. The van der Waals surface area contributed by atoms with Crippen LogP contribution < -0.4 is 10.5 Å². The number of ether oxygens (including phenoxy) is 1. The minimum Gasteiger partial charge on any atom is -0.489 e. The van der Waals surface area contributed by atoms with Crippen LogP contribution in [0.5, 0.6) is 5.75 Å². The molecule has 2 rings (SSSR count). The van der Waals surface area contributed by atoms with Crippen LogP contribution in [0.4, 0.5) is 0 Å². The molecule has 0 heterocycles. The topological polar surface area (TPSA) is 35.2 Å². The SMILES string of the molecule is CCC(N)Cc1cc(C)ccc1OCc1ccccc1. The predicted octanol–water partition coefficient (Wildman–Crippen LogP) is 3.85. The Morgan fingerprint density at radius 1 is 1.10 bits per heavy atom. The van der Waals surface area contributed by atoms with Crippen molar-refractivity contribution in [2.24, 2.45) is 5.73 Å². The molecule has 0 aliphatic rings. The molecule has 2 aromatic rings. The first-order chi connectivity index (χ1) is 9.69. The highest BCUT2D eigenvalue weighted by molar-refractivity contribution is 5.37. The Morgan fingerprint density at radius 2 is 1.85 bits per heavy atom. The lowest BCUT2D eigenvalue weighted by molar-refractivity contribution is 0.302. The summed E-state index contributed by atoms with van der Waals surface area (Å²) in [5, 5.41) is 0. The molecule has 0 aromatic heterocycles. The van der Waals surface area contributed by atoms with Gasteiger partial charge in [0.1, 0.15) is 12.4 Å². The second-order valence-electron chi connectivity index (χ2n) is 5.26. The smallest absolute Gasteiger partial charge is 0.123 e. The van der Waals surface area contributed by atoms with E-state index in [9.17, 15) is 0 Å². The van der Waals surface area contributed by atoms with E-state index in [2.05, 4.69) is 44.2 Å². The fourth-order valence-electron chi connectivity index (χ4n) is 2.17. The molecule has 20 heavy (non-hydrogen) atoms. The van der Waals surface area contributed by atoms with Crippen molar-refractivity contribution in [1.82, 2.24) is 0 Å².